The largest absolute Gasteiger partial charge is 0.488 e. The second-order valence-corrected chi connectivity index (χ2v) is 18.3. The minimum absolute atomic E-state index is 0.0674. The molecule has 0 spiro atoms. The van der Waals surface area contributed by atoms with Crippen LogP contribution in [0.2, 0.25) is 0 Å². The SMILES string of the molecule is CCCCCN(CCN(CCN(CCC)CC(=O)O)CC(=O)O)CC(=O)NCCCCC(NC(=O)CCc1cccc(OS(=O)(=O)F)c1)C(=O)NCc1cc(C(=O)NC(C)C(=O)N2CCCC2)ccn1. The molecule has 0 saturated carbocycles. The standard InChI is InChI=1S/C47H72FN9O12S/c1-4-6-9-22-55(26-28-56(34-44(62)63)27-25-54(21-5-2)33-43(60)61)32-42(59)50-19-8-7-15-40(53-41(58)17-16-36-13-12-14-39(29-36)69-70(48,67)68)46(65)51-31-38-30-37(18-20-49-38)45(64)52-35(3)47(66)57-23-10-11-24-57/h12-14,18,20,29-30,35,40H,4-11,15-17,19,21-28,31-34H2,1-3H3,(H,50,59)(H,51,65)(H,52,64)(H,53,58)(H,60,61)(H,62,63). The number of benzene rings is 1. The Balaban J connectivity index is 1.61. The van der Waals surface area contributed by atoms with Crippen LogP contribution >= 0.6 is 0 Å². The molecule has 6 N–H and O–H groups in total. The van der Waals surface area contributed by atoms with Crippen LogP contribution in [0.1, 0.15) is 107 Å². The average molecular weight is 1010 g/mol. The molecule has 0 radical (unpaired) electrons. The summed E-state index contributed by atoms with van der Waals surface area (Å²) in [5.41, 5.74) is 1.06. The molecule has 390 valence electrons. The van der Waals surface area contributed by atoms with Crippen molar-refractivity contribution >= 4 is 52.0 Å². The number of halogens is 1. The third-order valence-corrected chi connectivity index (χ3v) is 11.8. The lowest BCUT2D eigenvalue weighted by atomic mass is 10.1. The van der Waals surface area contributed by atoms with Gasteiger partial charge < -0.3 is 40.6 Å². The molecule has 2 aromatic rings. The lowest BCUT2D eigenvalue weighted by molar-refractivity contribution is -0.140. The lowest BCUT2D eigenvalue weighted by Gasteiger charge is -2.28. The third kappa shape index (κ3) is 24.2. The van der Waals surface area contributed by atoms with Crippen molar-refractivity contribution in [1.82, 2.24) is 45.9 Å². The molecular formula is C47H72FN9O12S. The summed E-state index contributed by atoms with van der Waals surface area (Å²) in [6, 6.07) is 6.79. The van der Waals surface area contributed by atoms with E-state index in [4.69, 9.17) is 0 Å². The monoisotopic (exact) mass is 1010 g/mol. The maximum atomic E-state index is 13.7. The van der Waals surface area contributed by atoms with Gasteiger partial charge in [-0.1, -0.05) is 42.7 Å². The molecule has 0 bridgehead atoms. The van der Waals surface area contributed by atoms with E-state index in [9.17, 15) is 56.1 Å². The molecule has 1 saturated heterocycles. The van der Waals surface area contributed by atoms with Crippen molar-refractivity contribution in [2.45, 2.75) is 110 Å². The van der Waals surface area contributed by atoms with Crippen LogP contribution in [0.3, 0.4) is 0 Å². The highest BCUT2D eigenvalue weighted by atomic mass is 32.3. The van der Waals surface area contributed by atoms with Crippen molar-refractivity contribution in [1.29, 1.82) is 0 Å². The zero-order valence-corrected chi connectivity index (χ0v) is 41.5. The number of carboxylic acids is 2. The van der Waals surface area contributed by atoms with Crippen molar-refractivity contribution in [3.05, 3.63) is 59.4 Å². The maximum absolute atomic E-state index is 13.7. The van der Waals surface area contributed by atoms with Gasteiger partial charge in [0, 0.05) is 64.0 Å². The van der Waals surface area contributed by atoms with Crippen molar-refractivity contribution in [3.8, 4) is 5.75 Å². The van der Waals surface area contributed by atoms with Crippen LogP contribution in [0.4, 0.5) is 3.89 Å². The molecule has 1 fully saturated rings. The Morgan fingerprint density at radius 1 is 0.786 bits per heavy atom. The number of likely N-dealkylation sites (tertiary alicyclic amines) is 1. The van der Waals surface area contributed by atoms with Gasteiger partial charge in [0.25, 0.3) is 5.91 Å². The van der Waals surface area contributed by atoms with Gasteiger partial charge in [0.05, 0.1) is 31.9 Å². The smallest absolute Gasteiger partial charge is 0.480 e. The topological polar surface area (TPSA) is 277 Å². The molecule has 0 aliphatic carbocycles. The Morgan fingerprint density at radius 2 is 1.44 bits per heavy atom. The van der Waals surface area contributed by atoms with Gasteiger partial charge in [0.1, 0.15) is 17.8 Å². The molecule has 1 aromatic heterocycles. The number of aliphatic carboxylic acids is 2. The Hall–Kier alpha value is -5.78. The van der Waals surface area contributed by atoms with E-state index in [0.29, 0.717) is 76.5 Å². The van der Waals surface area contributed by atoms with Gasteiger partial charge in [-0.15, -0.1) is 0 Å². The number of carbonyl (C=O) groups excluding carboxylic acids is 5. The molecule has 2 heterocycles. The number of carbonyl (C=O) groups is 7. The van der Waals surface area contributed by atoms with Crippen molar-refractivity contribution in [2.24, 2.45) is 0 Å². The molecule has 1 aliphatic rings. The van der Waals surface area contributed by atoms with Crippen LogP contribution in [0.5, 0.6) is 5.75 Å². The van der Waals surface area contributed by atoms with Gasteiger partial charge in [0.15, 0.2) is 0 Å². The quantitative estimate of drug-likeness (QED) is 0.0426. The van der Waals surface area contributed by atoms with Crippen LogP contribution < -0.4 is 25.5 Å². The minimum Gasteiger partial charge on any atom is -0.480 e. The first-order valence-electron chi connectivity index (χ1n) is 24.1. The molecule has 5 amide bonds. The van der Waals surface area contributed by atoms with Gasteiger partial charge in [-0.25, -0.2) is 0 Å². The zero-order chi connectivity index (χ0) is 51.5. The predicted molar refractivity (Wildman–Crippen MR) is 257 cm³/mol. The second kappa shape index (κ2) is 31.4. The summed E-state index contributed by atoms with van der Waals surface area (Å²) < 4.78 is 39.3. The van der Waals surface area contributed by atoms with Gasteiger partial charge in [0.2, 0.25) is 23.6 Å². The molecule has 2 atom stereocenters. The van der Waals surface area contributed by atoms with Crippen LogP contribution in [0.25, 0.3) is 0 Å². The molecule has 23 heteroatoms. The first kappa shape index (κ1) is 58.5. The summed E-state index contributed by atoms with van der Waals surface area (Å²) in [5.74, 6) is -4.17. The van der Waals surface area contributed by atoms with E-state index in [1.807, 2.05) is 11.8 Å². The first-order chi connectivity index (χ1) is 33.3. The Bertz CT molecular complexity index is 2130. The van der Waals surface area contributed by atoms with E-state index in [2.05, 4.69) is 37.4 Å². The highest BCUT2D eigenvalue weighted by Gasteiger charge is 2.26. The number of rotatable bonds is 35. The Kier molecular flexibility index (Phi) is 26.3. The predicted octanol–water partition coefficient (Wildman–Crippen LogP) is 2.11. The summed E-state index contributed by atoms with van der Waals surface area (Å²) >= 11 is 0. The lowest BCUT2D eigenvalue weighted by Crippen LogP contribution is -2.47. The second-order valence-electron chi connectivity index (χ2n) is 17.4. The maximum Gasteiger partial charge on any atom is 0.488 e. The van der Waals surface area contributed by atoms with Crippen LogP contribution in [-0.2, 0) is 52.2 Å². The van der Waals surface area contributed by atoms with Gasteiger partial charge in [-0.3, -0.25) is 53.2 Å². The zero-order valence-electron chi connectivity index (χ0n) is 40.7. The van der Waals surface area contributed by atoms with Gasteiger partial charge >= 0.3 is 22.4 Å². The van der Waals surface area contributed by atoms with Crippen LogP contribution in [-0.4, -0.2) is 175 Å². The normalized spacial score (nSPS) is 13.5. The number of hydrogen-bond donors (Lipinski definition) is 6. The number of nitrogens with one attached hydrogen (secondary N) is 4. The molecule has 1 aliphatic heterocycles. The number of amides is 5. The highest BCUT2D eigenvalue weighted by Crippen LogP contribution is 2.18. The van der Waals surface area contributed by atoms with E-state index in [1.165, 1.54) is 36.5 Å². The Morgan fingerprint density at radius 3 is 2.07 bits per heavy atom. The molecule has 21 nitrogen and oxygen atoms in total. The van der Waals surface area contributed by atoms with E-state index in [-0.39, 0.29) is 75.1 Å². The van der Waals surface area contributed by atoms with Gasteiger partial charge in [-0.2, -0.15) is 8.42 Å². The van der Waals surface area contributed by atoms with Crippen LogP contribution in [0.15, 0.2) is 42.6 Å². The van der Waals surface area contributed by atoms with Crippen LogP contribution in [0, 0.1) is 0 Å². The number of aryl methyl sites for hydroxylation is 1. The fourth-order valence-corrected chi connectivity index (χ4v) is 8.18. The molecule has 3 rings (SSSR count). The van der Waals surface area contributed by atoms with Gasteiger partial charge in [-0.05, 0) is 101 Å². The van der Waals surface area contributed by atoms with Crippen molar-refractivity contribution in [2.75, 3.05) is 78.5 Å². The summed E-state index contributed by atoms with van der Waals surface area (Å²) in [4.78, 5) is 100. The third-order valence-electron chi connectivity index (χ3n) is 11.5. The summed E-state index contributed by atoms with van der Waals surface area (Å²) in [6.07, 6.45) is 7.74. The summed E-state index contributed by atoms with van der Waals surface area (Å²) in [5, 5.41) is 30.0. The molecule has 2 unspecified atom stereocenters. The molecular weight excluding hydrogens is 934 g/mol. The van der Waals surface area contributed by atoms with E-state index >= 15 is 0 Å². The highest BCUT2D eigenvalue weighted by molar-refractivity contribution is 7.81. The number of aromatic nitrogens is 1. The number of carboxylic acid groups (broad SMARTS) is 2. The average Bonchev–Trinajstić information content (AvgIpc) is 3.85. The molecule has 1 aromatic carbocycles. The number of pyridine rings is 1. The summed E-state index contributed by atoms with van der Waals surface area (Å²) in [7, 11) is -5.26. The number of hydrogen-bond acceptors (Lipinski definition) is 14. The number of unbranched alkanes of at least 4 members (excludes halogenated alkanes) is 3. The van der Waals surface area contributed by atoms with E-state index in [1.54, 1.807) is 27.7 Å². The fraction of sp³-hybridized carbons (Fsp3) is 0.617. The van der Waals surface area contributed by atoms with Crippen molar-refractivity contribution in [3.63, 3.8) is 0 Å². The Labute approximate surface area is 410 Å². The first-order valence-corrected chi connectivity index (χ1v) is 25.4. The molecule has 70 heavy (non-hydrogen) atoms. The van der Waals surface area contributed by atoms with Crippen molar-refractivity contribution < 1.29 is 60.3 Å². The number of nitrogens with zero attached hydrogens (tertiary/aromatic N) is 5. The van der Waals surface area contributed by atoms with E-state index < -0.39 is 52.2 Å². The minimum atomic E-state index is -5.26. The fourth-order valence-electron chi connectivity index (χ4n) is 7.85. The summed E-state index contributed by atoms with van der Waals surface area (Å²) in [6.45, 7) is 9.46. The van der Waals surface area contributed by atoms with E-state index in [0.717, 1.165) is 38.5 Å².